The van der Waals surface area contributed by atoms with Crippen LogP contribution in [0.3, 0.4) is 0 Å². The Kier molecular flexibility index (Phi) is 4.81. The van der Waals surface area contributed by atoms with Crippen molar-refractivity contribution in [2.45, 2.75) is 13.5 Å². The van der Waals surface area contributed by atoms with Crippen LogP contribution < -0.4 is 15.4 Å². The van der Waals surface area contributed by atoms with Crippen molar-refractivity contribution in [2.75, 3.05) is 5.32 Å². The van der Waals surface area contributed by atoms with Crippen molar-refractivity contribution >= 4 is 11.7 Å². The zero-order chi connectivity index (χ0) is 16.8. The van der Waals surface area contributed by atoms with E-state index in [1.807, 2.05) is 61.5 Å². The topological polar surface area (TPSA) is 63.5 Å². The Morgan fingerprint density at radius 1 is 1.00 bits per heavy atom. The molecule has 0 saturated carbocycles. The molecule has 0 saturated heterocycles. The van der Waals surface area contributed by atoms with E-state index >= 15 is 0 Å². The lowest BCUT2D eigenvalue weighted by atomic mass is 10.3. The molecule has 0 radical (unpaired) electrons. The predicted octanol–water partition coefficient (Wildman–Crippen LogP) is 4.70. The fourth-order valence-electron chi connectivity index (χ4n) is 2.19. The number of para-hydroxylation sites is 3. The van der Waals surface area contributed by atoms with Crippen molar-refractivity contribution in [3.63, 3.8) is 0 Å². The zero-order valence-electron chi connectivity index (χ0n) is 13.3. The van der Waals surface area contributed by atoms with Crippen LogP contribution in [-0.2, 0) is 6.54 Å². The molecular weight excluding hydrogens is 304 g/mol. The van der Waals surface area contributed by atoms with Crippen LogP contribution in [0, 0.1) is 6.92 Å². The first-order chi connectivity index (χ1) is 11.7. The highest BCUT2D eigenvalue weighted by atomic mass is 16.5. The Balaban J connectivity index is 1.63. The second kappa shape index (κ2) is 7.37. The third-order valence-corrected chi connectivity index (χ3v) is 3.33. The van der Waals surface area contributed by atoms with Crippen LogP contribution in [-0.4, -0.2) is 6.03 Å². The van der Waals surface area contributed by atoms with E-state index in [4.69, 9.17) is 9.15 Å². The highest BCUT2D eigenvalue weighted by Gasteiger charge is 2.09. The molecule has 1 heterocycles. The Labute approximate surface area is 140 Å². The Morgan fingerprint density at radius 2 is 1.75 bits per heavy atom. The summed E-state index contributed by atoms with van der Waals surface area (Å²) >= 11 is 0. The van der Waals surface area contributed by atoms with Crippen LogP contribution in [0.2, 0.25) is 0 Å². The molecule has 1 aromatic heterocycles. The number of hydrogen-bond acceptors (Lipinski definition) is 3. The van der Waals surface area contributed by atoms with E-state index in [0.717, 1.165) is 5.76 Å². The zero-order valence-corrected chi connectivity index (χ0v) is 13.3. The number of aryl methyl sites for hydroxylation is 1. The molecule has 3 aromatic rings. The predicted molar refractivity (Wildman–Crippen MR) is 92.3 cm³/mol. The molecule has 2 N–H and O–H groups in total. The first-order valence-electron chi connectivity index (χ1n) is 7.63. The van der Waals surface area contributed by atoms with Crippen molar-refractivity contribution in [1.29, 1.82) is 0 Å². The molecule has 2 amide bonds. The van der Waals surface area contributed by atoms with Gasteiger partial charge in [0, 0.05) is 0 Å². The number of urea groups is 1. The fourth-order valence-corrected chi connectivity index (χ4v) is 2.19. The van der Waals surface area contributed by atoms with E-state index in [-0.39, 0.29) is 6.03 Å². The summed E-state index contributed by atoms with van der Waals surface area (Å²) in [5, 5.41) is 5.54. The first kappa shape index (κ1) is 15.7. The molecule has 0 unspecified atom stereocenters. The number of benzene rings is 2. The largest absolute Gasteiger partial charge is 0.465 e. The van der Waals surface area contributed by atoms with Crippen LogP contribution in [0.4, 0.5) is 10.5 Å². The molecule has 2 aromatic carbocycles. The molecule has 122 valence electrons. The summed E-state index contributed by atoms with van der Waals surface area (Å²) in [7, 11) is 0. The molecule has 0 aliphatic heterocycles. The second-order valence-corrected chi connectivity index (χ2v) is 5.23. The Morgan fingerprint density at radius 3 is 2.50 bits per heavy atom. The second-order valence-electron chi connectivity index (χ2n) is 5.23. The van der Waals surface area contributed by atoms with Gasteiger partial charge in [-0.1, -0.05) is 30.3 Å². The summed E-state index contributed by atoms with van der Waals surface area (Å²) in [6.07, 6.45) is 0. The van der Waals surface area contributed by atoms with Crippen LogP contribution in [0.1, 0.15) is 11.5 Å². The molecule has 0 aliphatic carbocycles. The van der Waals surface area contributed by atoms with Crippen molar-refractivity contribution in [3.8, 4) is 11.5 Å². The van der Waals surface area contributed by atoms with Crippen molar-refractivity contribution in [1.82, 2.24) is 5.32 Å². The number of carbonyl (C=O) groups is 1. The average Bonchev–Trinajstić information content (AvgIpc) is 3.01. The van der Waals surface area contributed by atoms with Gasteiger partial charge in [-0.3, -0.25) is 0 Å². The maximum Gasteiger partial charge on any atom is 0.319 e. The van der Waals surface area contributed by atoms with Gasteiger partial charge in [0.25, 0.3) is 0 Å². The summed E-state index contributed by atoms with van der Waals surface area (Å²) in [5.41, 5.74) is 0.592. The van der Waals surface area contributed by atoms with E-state index in [1.54, 1.807) is 12.1 Å². The van der Waals surface area contributed by atoms with Crippen molar-refractivity contribution < 1.29 is 13.9 Å². The van der Waals surface area contributed by atoms with Gasteiger partial charge in [0.05, 0.1) is 12.2 Å². The number of amides is 2. The molecule has 0 bridgehead atoms. The number of carbonyl (C=O) groups excluding carboxylic acids is 1. The molecule has 0 spiro atoms. The van der Waals surface area contributed by atoms with Crippen LogP contribution in [0.15, 0.2) is 71.1 Å². The molecular formula is C19H18N2O3. The highest BCUT2D eigenvalue weighted by molar-refractivity contribution is 5.90. The monoisotopic (exact) mass is 322 g/mol. The minimum Gasteiger partial charge on any atom is -0.465 e. The lowest BCUT2D eigenvalue weighted by molar-refractivity contribution is 0.250. The van der Waals surface area contributed by atoms with Crippen LogP contribution >= 0.6 is 0 Å². The molecule has 24 heavy (non-hydrogen) atoms. The van der Waals surface area contributed by atoms with Gasteiger partial charge >= 0.3 is 6.03 Å². The fraction of sp³-hybridized carbons (Fsp3) is 0.105. The Hall–Kier alpha value is -3.21. The number of furan rings is 1. The van der Waals surface area contributed by atoms with E-state index < -0.39 is 0 Å². The summed E-state index contributed by atoms with van der Waals surface area (Å²) in [6, 6.07) is 20.1. The molecule has 3 rings (SSSR count). The minimum absolute atomic E-state index is 0.321. The van der Waals surface area contributed by atoms with E-state index in [9.17, 15) is 4.79 Å². The van der Waals surface area contributed by atoms with Crippen molar-refractivity contribution in [3.05, 3.63) is 78.3 Å². The van der Waals surface area contributed by atoms with Gasteiger partial charge < -0.3 is 19.8 Å². The molecule has 0 atom stereocenters. The third-order valence-electron chi connectivity index (χ3n) is 3.33. The SMILES string of the molecule is Cc1ccc(CNC(=O)Nc2ccccc2Oc2ccccc2)o1. The van der Waals surface area contributed by atoms with Gasteiger partial charge in [0.1, 0.15) is 17.3 Å². The normalized spacial score (nSPS) is 10.2. The number of ether oxygens (including phenoxy) is 1. The number of anilines is 1. The summed E-state index contributed by atoms with van der Waals surface area (Å²) in [5.74, 6) is 2.80. The van der Waals surface area contributed by atoms with E-state index in [0.29, 0.717) is 29.5 Å². The molecule has 5 nitrogen and oxygen atoms in total. The molecule has 5 heteroatoms. The maximum absolute atomic E-state index is 12.1. The third kappa shape index (κ3) is 4.16. The van der Waals surface area contributed by atoms with Gasteiger partial charge in [-0.05, 0) is 43.3 Å². The lowest BCUT2D eigenvalue weighted by Crippen LogP contribution is -2.28. The quantitative estimate of drug-likeness (QED) is 0.715. The minimum atomic E-state index is -0.326. The lowest BCUT2D eigenvalue weighted by Gasteiger charge is -2.12. The van der Waals surface area contributed by atoms with E-state index in [1.165, 1.54) is 0 Å². The van der Waals surface area contributed by atoms with Crippen molar-refractivity contribution in [2.24, 2.45) is 0 Å². The van der Waals surface area contributed by atoms with Gasteiger partial charge in [0.2, 0.25) is 0 Å². The van der Waals surface area contributed by atoms with Gasteiger partial charge in [-0.25, -0.2) is 4.79 Å². The van der Waals surface area contributed by atoms with Gasteiger partial charge in [-0.15, -0.1) is 0 Å². The first-order valence-corrected chi connectivity index (χ1v) is 7.63. The number of nitrogens with one attached hydrogen (secondary N) is 2. The number of hydrogen-bond donors (Lipinski definition) is 2. The Bertz CT molecular complexity index is 812. The molecule has 0 aliphatic rings. The summed E-state index contributed by atoms with van der Waals surface area (Å²) in [6.45, 7) is 2.18. The summed E-state index contributed by atoms with van der Waals surface area (Å²) < 4.78 is 11.2. The molecule has 0 fully saturated rings. The smallest absolute Gasteiger partial charge is 0.319 e. The van der Waals surface area contributed by atoms with Gasteiger partial charge in [0.15, 0.2) is 5.75 Å². The van der Waals surface area contributed by atoms with Gasteiger partial charge in [-0.2, -0.15) is 0 Å². The van der Waals surface area contributed by atoms with Crippen LogP contribution in [0.25, 0.3) is 0 Å². The highest BCUT2D eigenvalue weighted by Crippen LogP contribution is 2.28. The van der Waals surface area contributed by atoms with E-state index in [2.05, 4.69) is 10.6 Å². The standard InChI is InChI=1S/C19H18N2O3/c1-14-11-12-16(23-14)13-20-19(22)21-17-9-5-6-10-18(17)24-15-7-3-2-4-8-15/h2-12H,13H2,1H3,(H2,20,21,22). The van der Waals surface area contributed by atoms with Crippen LogP contribution in [0.5, 0.6) is 11.5 Å². The number of rotatable bonds is 5. The maximum atomic E-state index is 12.1. The average molecular weight is 322 g/mol. The summed E-state index contributed by atoms with van der Waals surface area (Å²) in [4.78, 5) is 12.1.